The zero-order valence-corrected chi connectivity index (χ0v) is 16.1. The summed E-state index contributed by atoms with van der Waals surface area (Å²) in [4.78, 5) is 13.4. The summed E-state index contributed by atoms with van der Waals surface area (Å²) in [6.45, 7) is 7.08. The molecular formula is C20H24N2O3S. The first-order chi connectivity index (χ1) is 12.5. The maximum atomic E-state index is 12.2. The predicted molar refractivity (Wildman–Crippen MR) is 105 cm³/mol. The molecule has 0 aromatic heterocycles. The molecule has 1 heterocycles. The van der Waals surface area contributed by atoms with E-state index in [0.29, 0.717) is 11.8 Å². The van der Waals surface area contributed by atoms with Gasteiger partial charge in [0.25, 0.3) is 0 Å². The fourth-order valence-corrected chi connectivity index (χ4v) is 3.59. The van der Waals surface area contributed by atoms with E-state index in [1.165, 1.54) is 4.90 Å². The Kier molecular flexibility index (Phi) is 5.93. The summed E-state index contributed by atoms with van der Waals surface area (Å²) >= 11 is 1.85. The zero-order valence-electron chi connectivity index (χ0n) is 15.3. The molecule has 26 heavy (non-hydrogen) atoms. The van der Waals surface area contributed by atoms with E-state index in [1.807, 2.05) is 43.0 Å². The van der Waals surface area contributed by atoms with Gasteiger partial charge in [0, 0.05) is 22.4 Å². The fourth-order valence-electron chi connectivity index (χ4n) is 2.57. The van der Waals surface area contributed by atoms with E-state index in [2.05, 4.69) is 36.6 Å². The lowest BCUT2D eigenvalue weighted by Gasteiger charge is -2.13. The van der Waals surface area contributed by atoms with Crippen molar-refractivity contribution in [3.63, 3.8) is 0 Å². The number of carbonyl (C=O) groups is 1. The largest absolute Gasteiger partial charge is 0.454 e. The number of rotatable bonds is 6. The molecule has 5 nitrogen and oxygen atoms in total. The van der Waals surface area contributed by atoms with Gasteiger partial charge in [-0.2, -0.15) is 0 Å². The summed E-state index contributed by atoms with van der Waals surface area (Å²) in [5.41, 5.74) is 2.83. The van der Waals surface area contributed by atoms with Crippen molar-refractivity contribution in [1.82, 2.24) is 5.32 Å². The number of nitrogens with one attached hydrogen (secondary N) is 2. The molecule has 2 aromatic carbocycles. The van der Waals surface area contributed by atoms with Crippen LogP contribution >= 0.6 is 11.8 Å². The summed E-state index contributed by atoms with van der Waals surface area (Å²) in [6, 6.07) is 11.6. The van der Waals surface area contributed by atoms with Gasteiger partial charge in [0.1, 0.15) is 0 Å². The van der Waals surface area contributed by atoms with Crippen molar-refractivity contribution in [1.29, 1.82) is 0 Å². The number of benzene rings is 2. The molecule has 1 aliphatic rings. The van der Waals surface area contributed by atoms with Gasteiger partial charge in [-0.05, 0) is 54.8 Å². The van der Waals surface area contributed by atoms with Gasteiger partial charge < -0.3 is 20.1 Å². The summed E-state index contributed by atoms with van der Waals surface area (Å²) in [6.07, 6.45) is 1.13. The van der Waals surface area contributed by atoms with Crippen molar-refractivity contribution in [2.75, 3.05) is 12.1 Å². The minimum absolute atomic E-state index is 0.229. The molecule has 2 N–H and O–H groups in total. The van der Waals surface area contributed by atoms with Crippen LogP contribution in [0.15, 0.2) is 41.3 Å². The zero-order chi connectivity index (χ0) is 18.5. The van der Waals surface area contributed by atoms with E-state index in [4.69, 9.17) is 9.47 Å². The van der Waals surface area contributed by atoms with Crippen LogP contribution in [0, 0.1) is 6.92 Å². The molecule has 3 rings (SSSR count). The van der Waals surface area contributed by atoms with Gasteiger partial charge in [-0.1, -0.05) is 19.9 Å². The number of fused-ring (bicyclic) bond motifs is 1. The van der Waals surface area contributed by atoms with Crippen LogP contribution in [0.5, 0.6) is 11.5 Å². The average molecular weight is 372 g/mol. The Morgan fingerprint density at radius 1 is 1.19 bits per heavy atom. The standard InChI is InChI=1S/C20H24N2O3S/c1-4-14(3)26-16-6-7-17(13(2)9-16)22-20(23)21-11-15-5-8-18-19(10-15)25-12-24-18/h5-10,14H,4,11-12H2,1-3H3,(H2,21,22,23). The molecule has 0 radical (unpaired) electrons. The van der Waals surface area contributed by atoms with Crippen molar-refractivity contribution < 1.29 is 14.3 Å². The third kappa shape index (κ3) is 4.64. The Morgan fingerprint density at radius 2 is 2.00 bits per heavy atom. The van der Waals surface area contributed by atoms with Crippen LogP contribution in [-0.2, 0) is 6.54 Å². The first-order valence-corrected chi connectivity index (χ1v) is 9.64. The molecule has 0 saturated heterocycles. The van der Waals surface area contributed by atoms with E-state index in [1.54, 1.807) is 0 Å². The highest BCUT2D eigenvalue weighted by Gasteiger charge is 2.13. The van der Waals surface area contributed by atoms with Gasteiger partial charge in [0.15, 0.2) is 11.5 Å². The van der Waals surface area contributed by atoms with Crippen LogP contribution in [0.4, 0.5) is 10.5 Å². The first kappa shape index (κ1) is 18.5. The van der Waals surface area contributed by atoms with Crippen LogP contribution in [0.25, 0.3) is 0 Å². The lowest BCUT2D eigenvalue weighted by molar-refractivity contribution is 0.174. The van der Waals surface area contributed by atoms with Crippen LogP contribution in [0.3, 0.4) is 0 Å². The Balaban J connectivity index is 1.54. The van der Waals surface area contributed by atoms with Crippen molar-refractivity contribution in [2.24, 2.45) is 0 Å². The van der Waals surface area contributed by atoms with Crippen molar-refractivity contribution in [3.05, 3.63) is 47.5 Å². The molecule has 0 fully saturated rings. The molecule has 6 heteroatoms. The lowest BCUT2D eigenvalue weighted by Crippen LogP contribution is -2.28. The van der Waals surface area contributed by atoms with E-state index >= 15 is 0 Å². The maximum Gasteiger partial charge on any atom is 0.319 e. The van der Waals surface area contributed by atoms with Crippen molar-refractivity contribution in [2.45, 2.75) is 43.9 Å². The number of amides is 2. The predicted octanol–water partition coefficient (Wildman–Crippen LogP) is 4.94. The Hall–Kier alpha value is -2.34. The highest BCUT2D eigenvalue weighted by atomic mass is 32.2. The van der Waals surface area contributed by atoms with Gasteiger partial charge in [0.2, 0.25) is 6.79 Å². The van der Waals surface area contributed by atoms with Gasteiger partial charge in [-0.3, -0.25) is 0 Å². The second-order valence-electron chi connectivity index (χ2n) is 6.31. The monoisotopic (exact) mass is 372 g/mol. The molecule has 0 spiro atoms. The molecule has 1 unspecified atom stereocenters. The molecule has 2 amide bonds. The van der Waals surface area contributed by atoms with Crippen LogP contribution in [0.1, 0.15) is 31.4 Å². The highest BCUT2D eigenvalue weighted by molar-refractivity contribution is 7.99. The SMILES string of the molecule is CCC(C)Sc1ccc(NC(=O)NCc2ccc3c(c2)OCO3)c(C)c1. The molecule has 138 valence electrons. The third-order valence-corrected chi connectivity index (χ3v) is 5.51. The number of carbonyl (C=O) groups excluding carboxylic acids is 1. The fraction of sp³-hybridized carbons (Fsp3) is 0.350. The summed E-state index contributed by atoms with van der Waals surface area (Å²) in [5, 5.41) is 6.36. The van der Waals surface area contributed by atoms with Crippen LogP contribution in [0.2, 0.25) is 0 Å². The summed E-state index contributed by atoms with van der Waals surface area (Å²) in [7, 11) is 0. The quantitative estimate of drug-likeness (QED) is 0.706. The minimum atomic E-state index is -0.229. The maximum absolute atomic E-state index is 12.2. The van der Waals surface area contributed by atoms with Crippen molar-refractivity contribution in [3.8, 4) is 11.5 Å². The van der Waals surface area contributed by atoms with E-state index < -0.39 is 0 Å². The average Bonchev–Trinajstić information content (AvgIpc) is 3.10. The Labute approximate surface area is 158 Å². The molecule has 1 atom stereocenters. The van der Waals surface area contributed by atoms with Gasteiger partial charge >= 0.3 is 6.03 Å². The lowest BCUT2D eigenvalue weighted by atomic mass is 10.2. The molecule has 2 aromatic rings. The van der Waals surface area contributed by atoms with E-state index in [9.17, 15) is 4.79 Å². The van der Waals surface area contributed by atoms with Gasteiger partial charge in [0.05, 0.1) is 0 Å². The topological polar surface area (TPSA) is 59.6 Å². The molecular weight excluding hydrogens is 348 g/mol. The second-order valence-corrected chi connectivity index (χ2v) is 7.82. The van der Waals surface area contributed by atoms with E-state index in [-0.39, 0.29) is 12.8 Å². The number of aryl methyl sites for hydroxylation is 1. The number of thioether (sulfide) groups is 1. The second kappa shape index (κ2) is 8.36. The Bertz CT molecular complexity index is 795. The van der Waals surface area contributed by atoms with Crippen molar-refractivity contribution >= 4 is 23.5 Å². The number of hydrogen-bond donors (Lipinski definition) is 2. The van der Waals surface area contributed by atoms with Gasteiger partial charge in [-0.15, -0.1) is 11.8 Å². The summed E-state index contributed by atoms with van der Waals surface area (Å²) < 4.78 is 10.6. The van der Waals surface area contributed by atoms with Crippen LogP contribution in [-0.4, -0.2) is 18.1 Å². The number of urea groups is 1. The summed E-state index contributed by atoms with van der Waals surface area (Å²) in [5.74, 6) is 1.46. The number of anilines is 1. The molecule has 0 saturated carbocycles. The van der Waals surface area contributed by atoms with Gasteiger partial charge in [-0.25, -0.2) is 4.79 Å². The third-order valence-electron chi connectivity index (χ3n) is 4.25. The molecule has 0 bridgehead atoms. The van der Waals surface area contributed by atoms with Crippen LogP contribution < -0.4 is 20.1 Å². The highest BCUT2D eigenvalue weighted by Crippen LogP contribution is 2.32. The molecule has 1 aliphatic heterocycles. The number of ether oxygens (including phenoxy) is 2. The number of hydrogen-bond acceptors (Lipinski definition) is 4. The molecule has 0 aliphatic carbocycles. The van der Waals surface area contributed by atoms with E-state index in [0.717, 1.165) is 34.7 Å². The normalized spacial score (nSPS) is 13.3. The first-order valence-electron chi connectivity index (χ1n) is 8.76. The smallest absolute Gasteiger partial charge is 0.319 e. The minimum Gasteiger partial charge on any atom is -0.454 e. The Morgan fingerprint density at radius 3 is 2.77 bits per heavy atom.